The average molecular weight is 418 g/mol. The van der Waals surface area contributed by atoms with Crippen molar-refractivity contribution in [3.05, 3.63) is 53.5 Å². The van der Waals surface area contributed by atoms with Crippen molar-refractivity contribution in [2.75, 3.05) is 13.1 Å². The largest absolute Gasteiger partial charge is 0.483 e. The van der Waals surface area contributed by atoms with Gasteiger partial charge in [-0.3, -0.25) is 9.48 Å². The summed E-state index contributed by atoms with van der Waals surface area (Å²) >= 11 is 0. The minimum Gasteiger partial charge on any atom is -0.483 e. The van der Waals surface area contributed by atoms with Crippen LogP contribution in [0.1, 0.15) is 17.0 Å². The van der Waals surface area contributed by atoms with E-state index in [0.717, 1.165) is 22.5 Å². The average Bonchev–Trinajstić information content (AvgIpc) is 3.18. The summed E-state index contributed by atoms with van der Waals surface area (Å²) < 4.78 is 34.2. The molecule has 0 aliphatic carbocycles. The first-order chi connectivity index (χ1) is 13.9. The van der Waals surface area contributed by atoms with Gasteiger partial charge in [-0.05, 0) is 13.3 Å². The number of carboxylic acid groups (broad SMARTS) is 1. The lowest BCUT2D eigenvalue weighted by molar-refractivity contribution is -0.122. The monoisotopic (exact) mass is 418 g/mol. The maximum Gasteiger partial charge on any atom is 0.290 e. The summed E-state index contributed by atoms with van der Waals surface area (Å²) in [5.41, 5.74) is 4.20. The third kappa shape index (κ3) is 4.08. The zero-order chi connectivity index (χ0) is 21.0. The second-order valence-electron chi connectivity index (χ2n) is 6.52. The third-order valence-electron chi connectivity index (χ3n) is 4.86. The van der Waals surface area contributed by atoms with Gasteiger partial charge in [0.25, 0.3) is 6.47 Å². The molecule has 29 heavy (non-hydrogen) atoms. The van der Waals surface area contributed by atoms with Crippen LogP contribution < -0.4 is 0 Å². The molecule has 9 nitrogen and oxygen atoms in total. The topological polar surface area (TPSA) is 119 Å². The first kappa shape index (κ1) is 20.7. The molecule has 0 bridgehead atoms. The van der Waals surface area contributed by atoms with Gasteiger partial charge in [0.2, 0.25) is 10.0 Å². The van der Waals surface area contributed by atoms with Crippen LogP contribution in [0, 0.1) is 6.92 Å². The van der Waals surface area contributed by atoms with Gasteiger partial charge in [-0.1, -0.05) is 35.5 Å². The molecule has 3 aromatic rings. The Morgan fingerprint density at radius 1 is 1.17 bits per heavy atom. The summed E-state index contributed by atoms with van der Waals surface area (Å²) in [6.45, 7) is 2.18. The standard InChI is InChI=1S/C18H20N4O3S.CH2O2/c1-13-17(12-19-25-13)26(23,24)22-10-8-15-16(9-11-22)21(2)20-18(15)14-6-4-3-5-7-14;2-1-3/h3-7,12H,8-11H2,1-2H3;1H,(H,2,3). The first-order valence-electron chi connectivity index (χ1n) is 8.99. The van der Waals surface area contributed by atoms with E-state index < -0.39 is 10.0 Å². The van der Waals surface area contributed by atoms with Crippen molar-refractivity contribution in [2.45, 2.75) is 24.7 Å². The highest BCUT2D eigenvalue weighted by Crippen LogP contribution is 2.29. The Balaban J connectivity index is 0.000000755. The molecule has 1 aromatic carbocycles. The lowest BCUT2D eigenvalue weighted by atomic mass is 10.0. The number of nitrogens with zero attached hydrogens (tertiary/aromatic N) is 4. The van der Waals surface area contributed by atoms with Gasteiger partial charge < -0.3 is 9.63 Å². The minimum atomic E-state index is -3.61. The second kappa shape index (κ2) is 8.58. The van der Waals surface area contributed by atoms with Gasteiger partial charge in [0.1, 0.15) is 4.90 Å². The minimum absolute atomic E-state index is 0.143. The molecule has 154 valence electrons. The summed E-state index contributed by atoms with van der Waals surface area (Å²) in [4.78, 5) is 8.50. The van der Waals surface area contributed by atoms with Crippen LogP contribution in [0.4, 0.5) is 0 Å². The van der Waals surface area contributed by atoms with Crippen molar-refractivity contribution in [3.63, 3.8) is 0 Å². The molecular formula is C19H22N4O5S. The van der Waals surface area contributed by atoms with E-state index in [2.05, 4.69) is 10.3 Å². The van der Waals surface area contributed by atoms with Crippen molar-refractivity contribution in [1.82, 2.24) is 19.2 Å². The van der Waals surface area contributed by atoms with E-state index in [9.17, 15) is 8.42 Å². The Morgan fingerprint density at radius 3 is 2.45 bits per heavy atom. The van der Waals surface area contributed by atoms with E-state index in [1.807, 2.05) is 42.1 Å². The number of benzene rings is 1. The van der Waals surface area contributed by atoms with Crippen molar-refractivity contribution in [1.29, 1.82) is 0 Å². The summed E-state index contributed by atoms with van der Waals surface area (Å²) in [6, 6.07) is 10.0. The van der Waals surface area contributed by atoms with Crippen LogP contribution in [0.5, 0.6) is 0 Å². The Labute approximate surface area is 168 Å². The molecule has 0 fully saturated rings. The molecule has 2 aromatic heterocycles. The third-order valence-corrected chi connectivity index (χ3v) is 6.85. The van der Waals surface area contributed by atoms with Crippen LogP contribution in [-0.2, 0) is 34.7 Å². The highest BCUT2D eigenvalue weighted by Gasteiger charge is 2.31. The number of aromatic nitrogens is 3. The molecule has 10 heteroatoms. The number of hydrogen-bond donors (Lipinski definition) is 1. The highest BCUT2D eigenvalue weighted by molar-refractivity contribution is 7.89. The Bertz CT molecular complexity index is 1090. The van der Waals surface area contributed by atoms with E-state index in [0.29, 0.717) is 31.7 Å². The molecule has 0 spiro atoms. The van der Waals surface area contributed by atoms with Gasteiger partial charge in [0.05, 0.1) is 11.9 Å². The molecular weight excluding hydrogens is 396 g/mol. The molecule has 0 atom stereocenters. The van der Waals surface area contributed by atoms with Gasteiger partial charge in [-0.15, -0.1) is 0 Å². The maximum atomic E-state index is 12.9. The van der Waals surface area contributed by atoms with Gasteiger partial charge in [-0.2, -0.15) is 9.40 Å². The van der Waals surface area contributed by atoms with Crippen molar-refractivity contribution in [2.24, 2.45) is 7.05 Å². The van der Waals surface area contributed by atoms with E-state index in [1.54, 1.807) is 6.92 Å². The lowest BCUT2D eigenvalue weighted by Crippen LogP contribution is -2.33. The molecule has 0 saturated carbocycles. The van der Waals surface area contributed by atoms with Gasteiger partial charge >= 0.3 is 0 Å². The highest BCUT2D eigenvalue weighted by atomic mass is 32.2. The van der Waals surface area contributed by atoms with Crippen LogP contribution in [0.3, 0.4) is 0 Å². The van der Waals surface area contributed by atoms with Gasteiger partial charge in [-0.25, -0.2) is 8.42 Å². The van der Waals surface area contributed by atoms with Gasteiger partial charge in [0.15, 0.2) is 5.76 Å². The van der Waals surface area contributed by atoms with Crippen LogP contribution in [0.25, 0.3) is 11.3 Å². The van der Waals surface area contributed by atoms with Crippen molar-refractivity contribution < 1.29 is 22.8 Å². The molecule has 0 radical (unpaired) electrons. The van der Waals surface area contributed by atoms with Crippen LogP contribution >= 0.6 is 0 Å². The predicted molar refractivity (Wildman–Crippen MR) is 105 cm³/mol. The van der Waals surface area contributed by atoms with E-state index in [-0.39, 0.29) is 11.4 Å². The number of aryl methyl sites for hydroxylation is 2. The number of rotatable bonds is 3. The summed E-state index contributed by atoms with van der Waals surface area (Å²) in [6.07, 6.45) is 2.52. The number of carbonyl (C=O) groups is 1. The lowest BCUT2D eigenvalue weighted by Gasteiger charge is -2.19. The molecule has 0 amide bonds. The molecule has 4 rings (SSSR count). The van der Waals surface area contributed by atoms with Crippen molar-refractivity contribution >= 4 is 16.5 Å². The van der Waals surface area contributed by atoms with Gasteiger partial charge in [0, 0.05) is 43.4 Å². The fraction of sp³-hybridized carbons (Fsp3) is 0.316. The summed E-state index contributed by atoms with van der Waals surface area (Å²) in [5.74, 6) is 0.318. The molecule has 0 unspecified atom stereocenters. The van der Waals surface area contributed by atoms with Crippen LogP contribution in [0.2, 0.25) is 0 Å². The van der Waals surface area contributed by atoms with E-state index >= 15 is 0 Å². The van der Waals surface area contributed by atoms with E-state index in [1.165, 1.54) is 10.5 Å². The zero-order valence-corrected chi connectivity index (χ0v) is 17.0. The quantitative estimate of drug-likeness (QED) is 0.645. The molecule has 1 aliphatic heterocycles. The Kier molecular flexibility index (Phi) is 6.14. The SMILES string of the molecule is Cc1oncc1S(=O)(=O)N1CCc2c(-c3ccccc3)nn(C)c2CC1.O=CO. The van der Waals surface area contributed by atoms with Crippen LogP contribution in [-0.4, -0.2) is 52.3 Å². The van der Waals surface area contributed by atoms with E-state index in [4.69, 9.17) is 14.4 Å². The summed E-state index contributed by atoms with van der Waals surface area (Å²) in [7, 11) is -1.70. The maximum absolute atomic E-state index is 12.9. The first-order valence-corrected chi connectivity index (χ1v) is 10.4. The fourth-order valence-electron chi connectivity index (χ4n) is 3.50. The Hall–Kier alpha value is -2.98. The number of sulfonamides is 1. The molecule has 1 N–H and O–H groups in total. The Morgan fingerprint density at radius 2 is 1.83 bits per heavy atom. The normalized spacial score (nSPS) is 14.4. The van der Waals surface area contributed by atoms with Crippen molar-refractivity contribution in [3.8, 4) is 11.3 Å². The molecule has 3 heterocycles. The number of fused-ring (bicyclic) bond motifs is 1. The second-order valence-corrected chi connectivity index (χ2v) is 8.43. The zero-order valence-electron chi connectivity index (χ0n) is 16.1. The molecule has 1 aliphatic rings. The molecule has 0 saturated heterocycles. The summed E-state index contributed by atoms with van der Waals surface area (Å²) in [5, 5.41) is 15.2. The number of hydrogen-bond acceptors (Lipinski definition) is 6. The fourth-order valence-corrected chi connectivity index (χ4v) is 5.02. The smallest absolute Gasteiger partial charge is 0.290 e. The predicted octanol–water partition coefficient (Wildman–Crippen LogP) is 1.87. The van der Waals surface area contributed by atoms with Crippen LogP contribution in [0.15, 0.2) is 45.9 Å².